The molecule has 30 heavy (non-hydrogen) atoms. The third kappa shape index (κ3) is 3.12. The lowest BCUT2D eigenvalue weighted by Gasteiger charge is -2.05. The van der Waals surface area contributed by atoms with Crippen LogP contribution in [-0.4, -0.2) is 38.6 Å². The van der Waals surface area contributed by atoms with E-state index in [-0.39, 0.29) is 17.8 Å². The van der Waals surface area contributed by atoms with Gasteiger partial charge in [0.15, 0.2) is 5.82 Å². The summed E-state index contributed by atoms with van der Waals surface area (Å²) in [7, 11) is 1.56. The number of hydrogen-bond donors (Lipinski definition) is 2. The third-order valence-electron chi connectivity index (χ3n) is 5.40. The maximum absolute atomic E-state index is 13.1. The van der Waals surface area contributed by atoms with Crippen molar-refractivity contribution in [2.45, 2.75) is 18.4 Å². The summed E-state index contributed by atoms with van der Waals surface area (Å²) in [6.45, 7) is 0. The van der Waals surface area contributed by atoms with E-state index in [1.54, 1.807) is 30.0 Å². The molecule has 0 bridgehead atoms. The standard InChI is InChI=1S/C22H20N6O2/c1-30-19-9-14(7-8-24-19)18-11-16(20-21(23)25-12-26-28(18)20)22(29)27-17-10-15(17)13-5-3-2-4-6-13/h2-9,11-12,15,17H,10H2,1H3,(H,27,29)(H2,23,25,26)/t15-,17+/m1/s1. The highest BCUT2D eigenvalue weighted by molar-refractivity contribution is 6.05. The van der Waals surface area contributed by atoms with Gasteiger partial charge in [-0.05, 0) is 24.1 Å². The minimum Gasteiger partial charge on any atom is -0.481 e. The fourth-order valence-electron chi connectivity index (χ4n) is 3.80. The number of pyridine rings is 1. The Hall–Kier alpha value is -3.94. The number of amides is 1. The van der Waals surface area contributed by atoms with Crippen LogP contribution in [0, 0.1) is 0 Å². The Morgan fingerprint density at radius 2 is 2.03 bits per heavy atom. The molecule has 0 radical (unpaired) electrons. The molecule has 1 aliphatic carbocycles. The summed E-state index contributed by atoms with van der Waals surface area (Å²) in [5.41, 5.74) is 9.79. The van der Waals surface area contributed by atoms with E-state index in [1.807, 2.05) is 24.3 Å². The van der Waals surface area contributed by atoms with Gasteiger partial charge in [-0.25, -0.2) is 14.5 Å². The highest BCUT2D eigenvalue weighted by Gasteiger charge is 2.40. The molecule has 3 N–H and O–H groups in total. The number of aromatic nitrogens is 4. The van der Waals surface area contributed by atoms with Crippen LogP contribution in [0.3, 0.4) is 0 Å². The second kappa shape index (κ2) is 7.14. The number of rotatable bonds is 5. The Kier molecular flexibility index (Phi) is 4.31. The van der Waals surface area contributed by atoms with Crippen LogP contribution in [0.25, 0.3) is 16.8 Å². The van der Waals surface area contributed by atoms with Gasteiger partial charge in [0.1, 0.15) is 11.8 Å². The smallest absolute Gasteiger partial charge is 0.253 e. The summed E-state index contributed by atoms with van der Waals surface area (Å²) in [6, 6.07) is 15.7. The van der Waals surface area contributed by atoms with Crippen LogP contribution in [0.2, 0.25) is 0 Å². The molecule has 1 fully saturated rings. The number of hydrogen-bond acceptors (Lipinski definition) is 6. The molecule has 0 spiro atoms. The SMILES string of the molecule is COc1cc(-c2cc(C(=O)N[C@H]3C[C@@H]3c3ccccc3)c3c(N)ncnn23)ccn1. The van der Waals surface area contributed by atoms with Crippen molar-refractivity contribution < 1.29 is 9.53 Å². The van der Waals surface area contributed by atoms with Gasteiger partial charge < -0.3 is 15.8 Å². The molecule has 1 aromatic carbocycles. The monoisotopic (exact) mass is 400 g/mol. The van der Waals surface area contributed by atoms with Crippen molar-refractivity contribution in [2.24, 2.45) is 0 Å². The zero-order valence-electron chi connectivity index (χ0n) is 16.3. The minimum atomic E-state index is -0.190. The Balaban J connectivity index is 1.49. The third-order valence-corrected chi connectivity index (χ3v) is 5.40. The van der Waals surface area contributed by atoms with Gasteiger partial charge in [0.2, 0.25) is 5.88 Å². The lowest BCUT2D eigenvalue weighted by Crippen LogP contribution is -2.26. The Morgan fingerprint density at radius 3 is 2.83 bits per heavy atom. The maximum atomic E-state index is 13.1. The fourth-order valence-corrected chi connectivity index (χ4v) is 3.80. The molecular weight excluding hydrogens is 380 g/mol. The number of carbonyl (C=O) groups excluding carboxylic acids is 1. The molecule has 1 amide bonds. The molecule has 0 unspecified atom stereocenters. The first-order valence-corrected chi connectivity index (χ1v) is 9.64. The first kappa shape index (κ1) is 18.1. The largest absolute Gasteiger partial charge is 0.481 e. The molecule has 0 saturated heterocycles. The van der Waals surface area contributed by atoms with E-state index in [0.29, 0.717) is 28.6 Å². The van der Waals surface area contributed by atoms with Crippen LogP contribution in [0.1, 0.15) is 28.3 Å². The van der Waals surface area contributed by atoms with Crippen molar-refractivity contribution >= 4 is 17.2 Å². The van der Waals surface area contributed by atoms with Crippen LogP contribution < -0.4 is 15.8 Å². The number of benzene rings is 1. The number of fused-ring (bicyclic) bond motifs is 1. The van der Waals surface area contributed by atoms with Crippen molar-refractivity contribution in [1.82, 2.24) is 24.9 Å². The summed E-state index contributed by atoms with van der Waals surface area (Å²) < 4.78 is 6.86. The van der Waals surface area contributed by atoms with E-state index >= 15 is 0 Å². The molecule has 1 aliphatic rings. The summed E-state index contributed by atoms with van der Waals surface area (Å²) in [4.78, 5) is 21.4. The summed E-state index contributed by atoms with van der Waals surface area (Å²) in [5, 5.41) is 7.44. The van der Waals surface area contributed by atoms with E-state index in [4.69, 9.17) is 10.5 Å². The number of carbonyl (C=O) groups is 1. The highest BCUT2D eigenvalue weighted by Crippen LogP contribution is 2.41. The lowest BCUT2D eigenvalue weighted by molar-refractivity contribution is 0.0952. The van der Waals surface area contributed by atoms with Gasteiger partial charge in [-0.2, -0.15) is 5.10 Å². The van der Waals surface area contributed by atoms with Gasteiger partial charge in [-0.1, -0.05) is 30.3 Å². The number of nitrogen functional groups attached to an aromatic ring is 1. The lowest BCUT2D eigenvalue weighted by atomic mass is 10.1. The summed E-state index contributed by atoms with van der Waals surface area (Å²) >= 11 is 0. The predicted molar refractivity (Wildman–Crippen MR) is 112 cm³/mol. The highest BCUT2D eigenvalue weighted by atomic mass is 16.5. The average Bonchev–Trinajstić information content (AvgIpc) is 3.43. The molecule has 1 saturated carbocycles. The number of nitrogens with zero attached hydrogens (tertiary/aromatic N) is 4. The molecule has 4 aromatic rings. The molecule has 8 heteroatoms. The van der Waals surface area contributed by atoms with Crippen LogP contribution in [0.15, 0.2) is 61.1 Å². The van der Waals surface area contributed by atoms with E-state index in [0.717, 1.165) is 12.0 Å². The summed E-state index contributed by atoms with van der Waals surface area (Å²) in [5.74, 6) is 0.864. The molecule has 2 atom stereocenters. The molecule has 0 aliphatic heterocycles. The van der Waals surface area contributed by atoms with Gasteiger partial charge in [-0.3, -0.25) is 4.79 Å². The zero-order chi connectivity index (χ0) is 20.7. The van der Waals surface area contributed by atoms with Crippen molar-refractivity contribution in [2.75, 3.05) is 12.8 Å². The molecule has 3 heterocycles. The Bertz CT molecular complexity index is 1240. The normalized spacial score (nSPS) is 17.6. The van der Waals surface area contributed by atoms with E-state index in [2.05, 4.69) is 32.5 Å². The van der Waals surface area contributed by atoms with Gasteiger partial charge in [0, 0.05) is 29.8 Å². The second-order valence-electron chi connectivity index (χ2n) is 7.27. The molecule has 150 valence electrons. The zero-order valence-corrected chi connectivity index (χ0v) is 16.3. The van der Waals surface area contributed by atoms with E-state index in [1.165, 1.54) is 11.9 Å². The molecule has 5 rings (SSSR count). The predicted octanol–water partition coefficient (Wildman–Crippen LogP) is 2.67. The van der Waals surface area contributed by atoms with Gasteiger partial charge in [0.25, 0.3) is 5.91 Å². The maximum Gasteiger partial charge on any atom is 0.253 e. The average molecular weight is 400 g/mol. The van der Waals surface area contributed by atoms with Crippen LogP contribution in [0.4, 0.5) is 5.82 Å². The first-order valence-electron chi connectivity index (χ1n) is 9.64. The van der Waals surface area contributed by atoms with Crippen LogP contribution in [0.5, 0.6) is 5.88 Å². The van der Waals surface area contributed by atoms with Crippen molar-refractivity contribution in [1.29, 1.82) is 0 Å². The van der Waals surface area contributed by atoms with Crippen molar-refractivity contribution in [3.8, 4) is 17.1 Å². The molecular formula is C22H20N6O2. The Labute approximate surface area is 172 Å². The fraction of sp³-hybridized carbons (Fsp3) is 0.182. The minimum absolute atomic E-state index is 0.102. The van der Waals surface area contributed by atoms with Crippen LogP contribution in [-0.2, 0) is 0 Å². The van der Waals surface area contributed by atoms with Crippen LogP contribution >= 0.6 is 0 Å². The van der Waals surface area contributed by atoms with Gasteiger partial charge >= 0.3 is 0 Å². The van der Waals surface area contributed by atoms with Crippen molar-refractivity contribution in [3.05, 3.63) is 72.2 Å². The molecule has 8 nitrogen and oxygen atoms in total. The first-order chi connectivity index (χ1) is 14.7. The number of methoxy groups -OCH3 is 1. The quantitative estimate of drug-likeness (QED) is 0.533. The topological polar surface area (TPSA) is 107 Å². The molecule has 3 aromatic heterocycles. The van der Waals surface area contributed by atoms with E-state index < -0.39 is 0 Å². The second-order valence-corrected chi connectivity index (χ2v) is 7.27. The van der Waals surface area contributed by atoms with Gasteiger partial charge in [0.05, 0.1) is 18.4 Å². The Morgan fingerprint density at radius 1 is 1.20 bits per heavy atom. The number of anilines is 1. The number of ether oxygens (including phenoxy) is 1. The number of nitrogens with two attached hydrogens (primary N) is 1. The van der Waals surface area contributed by atoms with E-state index in [9.17, 15) is 4.79 Å². The number of nitrogens with one attached hydrogen (secondary N) is 1. The summed E-state index contributed by atoms with van der Waals surface area (Å²) in [6.07, 6.45) is 3.94. The van der Waals surface area contributed by atoms with Crippen molar-refractivity contribution in [3.63, 3.8) is 0 Å². The van der Waals surface area contributed by atoms with Gasteiger partial charge in [-0.15, -0.1) is 0 Å².